The molecule has 69 valence electrons. The first-order valence-electron chi connectivity index (χ1n) is 3.33. The van der Waals surface area contributed by atoms with Crippen LogP contribution in [0.15, 0.2) is 60.7 Å². The van der Waals surface area contributed by atoms with Crippen LogP contribution in [0, 0.1) is 0 Å². The van der Waals surface area contributed by atoms with E-state index in [4.69, 9.17) is 0 Å². The Balaban J connectivity index is 0. The predicted molar refractivity (Wildman–Crippen MR) is 44.1 cm³/mol. The summed E-state index contributed by atoms with van der Waals surface area (Å²) < 4.78 is 0. The minimum atomic E-state index is 0. The zero-order valence-electron chi connectivity index (χ0n) is 6.43. The molecule has 0 aliphatic heterocycles. The summed E-state index contributed by atoms with van der Waals surface area (Å²) in [5.41, 5.74) is 0. The standard InChI is InChI=1S/2C5H5.Au.Fe/c2*1-2-4-5-3-1;;/h2*1-5H;;/q2*-1;;+2. The van der Waals surface area contributed by atoms with Gasteiger partial charge in [-0.3, -0.25) is 0 Å². The summed E-state index contributed by atoms with van der Waals surface area (Å²) in [4.78, 5) is 0. The molecule has 0 saturated carbocycles. The number of hydrogen-bond acceptors (Lipinski definition) is 0. The van der Waals surface area contributed by atoms with E-state index in [9.17, 15) is 0 Å². The van der Waals surface area contributed by atoms with Crippen LogP contribution in [0.2, 0.25) is 0 Å². The molecular formula is C10H10AuFe. The monoisotopic (exact) mass is 383 g/mol. The van der Waals surface area contributed by atoms with Crippen molar-refractivity contribution in [1.29, 1.82) is 0 Å². The van der Waals surface area contributed by atoms with Crippen molar-refractivity contribution in [1.82, 2.24) is 0 Å². The topological polar surface area (TPSA) is 0 Å². The van der Waals surface area contributed by atoms with Crippen molar-refractivity contribution in [2.75, 3.05) is 0 Å². The molecule has 0 nitrogen and oxygen atoms in total. The van der Waals surface area contributed by atoms with E-state index >= 15 is 0 Å². The first-order valence-corrected chi connectivity index (χ1v) is 3.33. The molecule has 2 aromatic rings. The molecule has 0 atom stereocenters. The summed E-state index contributed by atoms with van der Waals surface area (Å²) in [6.07, 6.45) is 0. The molecule has 0 heterocycles. The molecule has 12 heavy (non-hydrogen) atoms. The van der Waals surface area contributed by atoms with Crippen LogP contribution in [0.1, 0.15) is 0 Å². The van der Waals surface area contributed by atoms with Crippen molar-refractivity contribution in [3.63, 3.8) is 0 Å². The Hall–Kier alpha value is -0.0403. The Labute approximate surface area is 99.7 Å². The van der Waals surface area contributed by atoms with Crippen LogP contribution in [0.5, 0.6) is 0 Å². The molecule has 0 amide bonds. The fourth-order valence-electron chi connectivity index (χ4n) is 0.642. The smallest absolute Gasteiger partial charge is 0.214 e. The molecule has 2 heteroatoms. The van der Waals surface area contributed by atoms with Gasteiger partial charge in [-0.25, -0.2) is 24.3 Å². The third-order valence-electron chi connectivity index (χ3n) is 1.11. The minimum Gasteiger partial charge on any atom is -0.214 e. The van der Waals surface area contributed by atoms with Crippen LogP contribution in [0.3, 0.4) is 0 Å². The van der Waals surface area contributed by atoms with Crippen molar-refractivity contribution in [2.24, 2.45) is 0 Å². The third kappa shape index (κ3) is 8.06. The second-order valence-electron chi connectivity index (χ2n) is 1.92. The van der Waals surface area contributed by atoms with E-state index in [-0.39, 0.29) is 39.4 Å². The summed E-state index contributed by atoms with van der Waals surface area (Å²) in [7, 11) is 0. The summed E-state index contributed by atoms with van der Waals surface area (Å²) in [6, 6.07) is 20.0. The Kier molecular flexibility index (Phi) is 13.2. The van der Waals surface area contributed by atoms with Crippen molar-refractivity contribution in [2.45, 2.75) is 0 Å². The van der Waals surface area contributed by atoms with Crippen LogP contribution >= 0.6 is 0 Å². The fraction of sp³-hybridized carbons (Fsp3) is 0. The van der Waals surface area contributed by atoms with Crippen LogP contribution < -0.4 is 0 Å². The first kappa shape index (κ1) is 14.5. The Morgan fingerprint density at radius 1 is 0.583 bits per heavy atom. The van der Waals surface area contributed by atoms with Gasteiger partial charge in [0.1, 0.15) is 0 Å². The van der Waals surface area contributed by atoms with E-state index < -0.39 is 0 Å². The fourth-order valence-corrected chi connectivity index (χ4v) is 0.642. The molecule has 0 spiro atoms. The van der Waals surface area contributed by atoms with E-state index in [2.05, 4.69) is 0 Å². The van der Waals surface area contributed by atoms with E-state index in [1.807, 2.05) is 60.7 Å². The molecule has 0 bridgehead atoms. The van der Waals surface area contributed by atoms with Crippen LogP contribution in [-0.4, -0.2) is 0 Å². The van der Waals surface area contributed by atoms with Gasteiger partial charge in [0, 0.05) is 22.4 Å². The average molecular weight is 383 g/mol. The average Bonchev–Trinajstić information content (AvgIpc) is 2.67. The SMILES string of the molecule is [Au].[Fe+2].c1cc[cH-]c1.c1cc[cH-]c1. The third-order valence-corrected chi connectivity index (χ3v) is 1.11. The summed E-state index contributed by atoms with van der Waals surface area (Å²) in [5, 5.41) is 0. The second-order valence-corrected chi connectivity index (χ2v) is 1.92. The quantitative estimate of drug-likeness (QED) is 0.485. The zero-order chi connectivity index (χ0) is 7.07. The molecular weight excluding hydrogens is 373 g/mol. The second kappa shape index (κ2) is 11.0. The summed E-state index contributed by atoms with van der Waals surface area (Å²) in [5.74, 6) is 0. The van der Waals surface area contributed by atoms with Crippen molar-refractivity contribution < 1.29 is 39.4 Å². The normalized spacial score (nSPS) is 6.67. The zero-order valence-corrected chi connectivity index (χ0v) is 9.70. The van der Waals surface area contributed by atoms with Gasteiger partial charge >= 0.3 is 17.1 Å². The van der Waals surface area contributed by atoms with E-state index in [1.165, 1.54) is 0 Å². The summed E-state index contributed by atoms with van der Waals surface area (Å²) >= 11 is 0. The molecule has 2 rings (SSSR count). The predicted octanol–water partition coefficient (Wildman–Crippen LogP) is 2.81. The van der Waals surface area contributed by atoms with Gasteiger partial charge in [0.05, 0.1) is 0 Å². The summed E-state index contributed by atoms with van der Waals surface area (Å²) in [6.45, 7) is 0. The maximum Gasteiger partial charge on any atom is 2.00 e. The van der Waals surface area contributed by atoms with Gasteiger partial charge < -0.3 is 0 Å². The molecule has 1 radical (unpaired) electrons. The molecule has 0 fully saturated rings. The van der Waals surface area contributed by atoms with E-state index in [1.54, 1.807) is 0 Å². The van der Waals surface area contributed by atoms with Gasteiger partial charge in [0.25, 0.3) is 0 Å². The Morgan fingerprint density at radius 2 is 0.833 bits per heavy atom. The molecule has 0 aromatic heterocycles. The van der Waals surface area contributed by atoms with Gasteiger partial charge in [-0.15, -0.1) is 0 Å². The van der Waals surface area contributed by atoms with Crippen LogP contribution in [-0.2, 0) is 39.4 Å². The largest absolute Gasteiger partial charge is 2.00 e. The van der Waals surface area contributed by atoms with Crippen molar-refractivity contribution in [3.05, 3.63) is 60.7 Å². The van der Waals surface area contributed by atoms with Gasteiger partial charge in [-0.05, 0) is 0 Å². The van der Waals surface area contributed by atoms with E-state index in [0.717, 1.165) is 0 Å². The maximum absolute atomic E-state index is 2.00. The maximum atomic E-state index is 2.00. The Bertz CT molecular complexity index is 149. The molecule has 0 aliphatic rings. The van der Waals surface area contributed by atoms with Crippen molar-refractivity contribution in [3.8, 4) is 0 Å². The van der Waals surface area contributed by atoms with Crippen LogP contribution in [0.4, 0.5) is 0 Å². The van der Waals surface area contributed by atoms with Crippen LogP contribution in [0.25, 0.3) is 0 Å². The Morgan fingerprint density at radius 3 is 0.917 bits per heavy atom. The molecule has 0 aliphatic carbocycles. The molecule has 0 unspecified atom stereocenters. The molecule has 0 N–H and O–H groups in total. The first-order chi connectivity index (χ1) is 5.00. The van der Waals surface area contributed by atoms with Crippen molar-refractivity contribution >= 4 is 0 Å². The van der Waals surface area contributed by atoms with E-state index in [0.29, 0.717) is 0 Å². The van der Waals surface area contributed by atoms with Gasteiger partial charge in [0.2, 0.25) is 0 Å². The van der Waals surface area contributed by atoms with Gasteiger partial charge in [-0.2, -0.15) is 36.4 Å². The van der Waals surface area contributed by atoms with Gasteiger partial charge in [-0.1, -0.05) is 0 Å². The molecule has 0 saturated heterocycles. The number of rotatable bonds is 0. The van der Waals surface area contributed by atoms with Gasteiger partial charge in [0.15, 0.2) is 0 Å². The minimum absolute atomic E-state index is 0. The number of hydrogen-bond donors (Lipinski definition) is 0. The molecule has 2 aromatic carbocycles.